The summed E-state index contributed by atoms with van der Waals surface area (Å²) in [4.78, 5) is 14.1. The summed E-state index contributed by atoms with van der Waals surface area (Å²) >= 11 is 0. The maximum Gasteiger partial charge on any atom is 2.00 e. The molecule has 52 heavy (non-hydrogen) atoms. The first-order valence-corrected chi connectivity index (χ1v) is 17.1. The molecule has 0 aliphatic carbocycles. The van der Waals surface area contributed by atoms with E-state index in [0.29, 0.717) is 11.5 Å². The Hall–Kier alpha value is -5.84. The van der Waals surface area contributed by atoms with Gasteiger partial charge >= 0.3 is 21.1 Å². The summed E-state index contributed by atoms with van der Waals surface area (Å²) in [5.74, 6) is 1.17. The molecule has 0 saturated heterocycles. The quantitative estimate of drug-likeness (QED) is 0.131. The number of benzene rings is 5. The van der Waals surface area contributed by atoms with E-state index in [4.69, 9.17) is 9.72 Å². The Morgan fingerprint density at radius 2 is 1.08 bits per heavy atom. The van der Waals surface area contributed by atoms with Crippen molar-refractivity contribution in [3.8, 4) is 33.8 Å². The molecule has 5 aromatic heterocycles. The minimum atomic E-state index is 0. The van der Waals surface area contributed by atoms with Gasteiger partial charge in [0.15, 0.2) is 0 Å². The summed E-state index contributed by atoms with van der Waals surface area (Å²) in [5.41, 5.74) is 13.5. The second-order valence-corrected chi connectivity index (χ2v) is 13.4. The molecule has 0 unspecified atom stereocenters. The molecule has 5 aromatic carbocycles. The van der Waals surface area contributed by atoms with E-state index in [1.165, 1.54) is 44.5 Å². The molecule has 0 atom stereocenters. The van der Waals surface area contributed by atoms with Crippen molar-refractivity contribution < 1.29 is 25.8 Å². The second kappa shape index (κ2) is 12.1. The number of rotatable bonds is 4. The van der Waals surface area contributed by atoms with E-state index >= 15 is 0 Å². The zero-order valence-electron chi connectivity index (χ0n) is 28.9. The molecule has 7 heteroatoms. The minimum absolute atomic E-state index is 0. The van der Waals surface area contributed by atoms with Gasteiger partial charge in [0, 0.05) is 48.0 Å². The fraction of sp³-hybridized carbons (Fsp3) is 0.0889. The van der Waals surface area contributed by atoms with Crippen molar-refractivity contribution in [1.82, 2.24) is 23.8 Å². The van der Waals surface area contributed by atoms with E-state index in [2.05, 4.69) is 121 Å². The van der Waals surface area contributed by atoms with Crippen LogP contribution in [0.1, 0.15) is 22.3 Å². The van der Waals surface area contributed by atoms with Gasteiger partial charge in [-0.15, -0.1) is 12.1 Å². The number of aryl methyl sites for hydroxylation is 4. The maximum atomic E-state index is 6.55. The molecule has 0 N–H and O–H groups in total. The Morgan fingerprint density at radius 1 is 0.500 bits per heavy atom. The van der Waals surface area contributed by atoms with Crippen molar-refractivity contribution in [2.45, 2.75) is 27.7 Å². The largest absolute Gasteiger partial charge is 2.00 e. The van der Waals surface area contributed by atoms with Crippen LogP contribution < -0.4 is 4.74 Å². The molecular weight excluding hydrogens is 822 g/mol. The first-order valence-electron chi connectivity index (χ1n) is 17.1. The number of pyridine rings is 3. The Labute approximate surface area is 314 Å². The third kappa shape index (κ3) is 4.71. The van der Waals surface area contributed by atoms with E-state index in [9.17, 15) is 0 Å². The summed E-state index contributed by atoms with van der Waals surface area (Å²) in [7, 11) is 0. The second-order valence-electron chi connectivity index (χ2n) is 13.4. The Morgan fingerprint density at radius 3 is 1.77 bits per heavy atom. The Balaban J connectivity index is 0.00000360. The fourth-order valence-corrected chi connectivity index (χ4v) is 8.09. The summed E-state index contributed by atoms with van der Waals surface area (Å²) in [6, 6.07) is 37.0. The maximum absolute atomic E-state index is 6.55. The van der Waals surface area contributed by atoms with E-state index in [0.717, 1.165) is 54.8 Å². The normalized spacial score (nSPS) is 11.7. The van der Waals surface area contributed by atoms with Crippen molar-refractivity contribution in [3.63, 3.8) is 0 Å². The van der Waals surface area contributed by atoms with Crippen LogP contribution in [0, 0.1) is 39.8 Å². The Kier molecular flexibility index (Phi) is 7.49. The number of aromatic nitrogens is 5. The van der Waals surface area contributed by atoms with Gasteiger partial charge in [0.05, 0.1) is 11.3 Å². The zero-order valence-corrected chi connectivity index (χ0v) is 31.2. The molecule has 0 saturated carbocycles. The van der Waals surface area contributed by atoms with E-state index in [-0.39, 0.29) is 21.1 Å². The SMILES string of the molecule is Cc1cccc(C)c1-c1ccc2c(c1-c1c(C)cccc1C)c1ccc(Oc3[c-]c4c(cc3)c3cccnc3n3ccnc43)[c-]c1c1nccn21.[Pt+2]. The third-order valence-electron chi connectivity index (χ3n) is 10.3. The predicted molar refractivity (Wildman–Crippen MR) is 206 cm³/mol. The number of hydrogen-bond acceptors (Lipinski definition) is 4. The number of hydrogen-bond donors (Lipinski definition) is 0. The molecule has 0 aliphatic rings. The molecule has 0 aliphatic heterocycles. The molecule has 0 fully saturated rings. The molecule has 0 bridgehead atoms. The standard InChI is InChI=1S/C45H31N5O.Pt/c1-26-8-5-9-27(2)39(26)35-17-18-38-41(42(35)40-28(3)10-6-11-29(40)4)33-16-14-31(25-37(33)44-47-20-22-49(38)44)51-30-13-15-32-34-12-7-19-46-43(34)50-23-21-48-45(50)36(32)24-30;/h5-23H,1-4H3;/q-2;+2. The van der Waals surface area contributed by atoms with Crippen LogP contribution in [0.15, 0.2) is 116 Å². The molecule has 0 amide bonds. The van der Waals surface area contributed by atoms with Crippen LogP contribution in [-0.2, 0) is 21.1 Å². The van der Waals surface area contributed by atoms with Gasteiger partial charge in [-0.25, -0.2) is 4.98 Å². The average molecular weight is 853 g/mol. The van der Waals surface area contributed by atoms with Gasteiger partial charge in [-0.1, -0.05) is 94.3 Å². The van der Waals surface area contributed by atoms with Crippen molar-refractivity contribution in [3.05, 3.63) is 150 Å². The van der Waals surface area contributed by atoms with Crippen LogP contribution in [0.2, 0.25) is 0 Å². The summed E-state index contributed by atoms with van der Waals surface area (Å²) in [6.07, 6.45) is 9.43. The van der Waals surface area contributed by atoms with Gasteiger partial charge in [0.2, 0.25) is 0 Å². The zero-order chi connectivity index (χ0) is 34.4. The van der Waals surface area contributed by atoms with Crippen LogP contribution in [0.25, 0.3) is 77.0 Å². The minimum Gasteiger partial charge on any atom is -0.497 e. The number of imidazole rings is 2. The van der Waals surface area contributed by atoms with Gasteiger partial charge in [-0.05, 0) is 95.1 Å². The van der Waals surface area contributed by atoms with Crippen LogP contribution in [0.5, 0.6) is 11.5 Å². The van der Waals surface area contributed by atoms with Crippen LogP contribution in [0.3, 0.4) is 0 Å². The first-order chi connectivity index (χ1) is 25.0. The van der Waals surface area contributed by atoms with E-state index in [1.54, 1.807) is 12.4 Å². The molecule has 10 rings (SSSR count). The predicted octanol–water partition coefficient (Wildman–Crippen LogP) is 10.9. The van der Waals surface area contributed by atoms with Gasteiger partial charge in [-0.2, -0.15) is 0 Å². The molecule has 252 valence electrons. The molecule has 0 radical (unpaired) electrons. The van der Waals surface area contributed by atoms with Crippen LogP contribution in [-0.4, -0.2) is 23.8 Å². The molecule has 5 heterocycles. The van der Waals surface area contributed by atoms with Gasteiger partial charge in [-0.3, -0.25) is 9.97 Å². The first kappa shape index (κ1) is 32.1. The topological polar surface area (TPSA) is 56.7 Å². The van der Waals surface area contributed by atoms with E-state index in [1.807, 2.05) is 41.2 Å². The Bertz CT molecular complexity index is 3030. The van der Waals surface area contributed by atoms with Crippen molar-refractivity contribution in [2.75, 3.05) is 0 Å². The van der Waals surface area contributed by atoms with Gasteiger partial charge in [0.25, 0.3) is 0 Å². The van der Waals surface area contributed by atoms with E-state index < -0.39 is 0 Å². The van der Waals surface area contributed by atoms with Crippen LogP contribution in [0.4, 0.5) is 0 Å². The third-order valence-corrected chi connectivity index (χ3v) is 10.3. The number of ether oxygens (including phenoxy) is 1. The van der Waals surface area contributed by atoms with Crippen molar-refractivity contribution in [1.29, 1.82) is 0 Å². The molecular formula is C45H31N5OPt. The fourth-order valence-electron chi connectivity index (χ4n) is 8.09. The number of fused-ring (bicyclic) bond motifs is 12. The van der Waals surface area contributed by atoms with Crippen molar-refractivity contribution >= 4 is 54.8 Å². The number of nitrogens with zero attached hydrogens (tertiary/aromatic N) is 5. The smallest absolute Gasteiger partial charge is 0.497 e. The summed E-state index contributed by atoms with van der Waals surface area (Å²) in [5, 5.41) is 6.06. The molecule has 10 aromatic rings. The molecule has 0 spiro atoms. The van der Waals surface area contributed by atoms with Gasteiger partial charge < -0.3 is 13.5 Å². The monoisotopic (exact) mass is 852 g/mol. The van der Waals surface area contributed by atoms with Crippen LogP contribution >= 0.6 is 0 Å². The molecule has 6 nitrogen and oxygen atoms in total. The average Bonchev–Trinajstić information content (AvgIpc) is 3.84. The van der Waals surface area contributed by atoms with Gasteiger partial charge in [0.1, 0.15) is 5.65 Å². The summed E-state index contributed by atoms with van der Waals surface area (Å²) < 4.78 is 10.7. The summed E-state index contributed by atoms with van der Waals surface area (Å²) in [6.45, 7) is 8.83. The van der Waals surface area contributed by atoms with Crippen molar-refractivity contribution in [2.24, 2.45) is 0 Å².